The van der Waals surface area contributed by atoms with Crippen molar-refractivity contribution in [3.05, 3.63) is 83.7 Å². The zero-order chi connectivity index (χ0) is 23.9. The number of aromatic amines is 2. The van der Waals surface area contributed by atoms with Crippen LogP contribution in [-0.4, -0.2) is 44.8 Å². The molecule has 1 atom stereocenters. The first-order valence-corrected chi connectivity index (χ1v) is 11.5. The molecule has 9 heteroatoms. The number of carbonyl (C=O) groups excluding carboxylic acids is 2. The minimum atomic E-state index is -0.632. The standard InChI is InChI=1S/C26H24N6O3/c1-27-25(33)23-11-18-17-4-2-3-5-19(17)31-22(18)13-32(23)26(34)24-15(8-9-35-24)12-28-16-6-7-20-21(10-16)30-14-29-20/h2-10,14,23,28,31H,11-13H2,1H3,(H,27,33)(H,29,30). The quantitative estimate of drug-likeness (QED) is 0.315. The van der Waals surface area contributed by atoms with Gasteiger partial charge in [0.2, 0.25) is 5.91 Å². The van der Waals surface area contributed by atoms with Gasteiger partial charge in [0.05, 0.1) is 30.2 Å². The SMILES string of the molecule is CNC(=O)C1Cc2c([nH]c3ccccc23)CN1C(=O)c1occc1CNc1ccc2nc[nH]c2c1. The molecule has 0 fully saturated rings. The summed E-state index contributed by atoms with van der Waals surface area (Å²) in [5.74, 6) is -0.282. The molecule has 35 heavy (non-hydrogen) atoms. The molecule has 5 aromatic rings. The van der Waals surface area contributed by atoms with E-state index >= 15 is 0 Å². The number of carbonyl (C=O) groups is 2. The number of H-pyrrole nitrogens is 2. The average molecular weight is 469 g/mol. The van der Waals surface area contributed by atoms with E-state index in [1.54, 1.807) is 24.3 Å². The zero-order valence-electron chi connectivity index (χ0n) is 19.1. The highest BCUT2D eigenvalue weighted by Gasteiger charge is 2.38. The number of aromatic nitrogens is 3. The van der Waals surface area contributed by atoms with E-state index in [4.69, 9.17) is 4.42 Å². The number of benzene rings is 2. The number of anilines is 1. The Labute approximate surface area is 200 Å². The molecular weight excluding hydrogens is 444 g/mol. The first-order valence-electron chi connectivity index (χ1n) is 11.5. The normalized spacial score (nSPS) is 15.3. The van der Waals surface area contributed by atoms with Crippen LogP contribution < -0.4 is 10.6 Å². The summed E-state index contributed by atoms with van der Waals surface area (Å²) >= 11 is 0. The Morgan fingerprint density at radius 2 is 2.06 bits per heavy atom. The Hall–Kier alpha value is -4.53. The maximum Gasteiger partial charge on any atom is 0.290 e. The van der Waals surface area contributed by atoms with Crippen molar-refractivity contribution in [2.45, 2.75) is 25.6 Å². The lowest BCUT2D eigenvalue weighted by atomic mass is 9.95. The fraction of sp³-hybridized carbons (Fsp3) is 0.192. The molecule has 0 spiro atoms. The summed E-state index contributed by atoms with van der Waals surface area (Å²) in [5, 5.41) is 7.14. The van der Waals surface area contributed by atoms with E-state index < -0.39 is 6.04 Å². The molecule has 2 amide bonds. The summed E-state index contributed by atoms with van der Waals surface area (Å²) in [4.78, 5) is 38.9. The van der Waals surface area contributed by atoms with Crippen molar-refractivity contribution < 1.29 is 14.0 Å². The van der Waals surface area contributed by atoms with E-state index in [2.05, 4.69) is 25.6 Å². The molecule has 6 rings (SSSR count). The Bertz CT molecular complexity index is 1560. The number of rotatable bonds is 5. The maximum absolute atomic E-state index is 13.7. The van der Waals surface area contributed by atoms with Crippen LogP contribution >= 0.6 is 0 Å². The number of hydrogen-bond acceptors (Lipinski definition) is 5. The summed E-state index contributed by atoms with van der Waals surface area (Å²) in [6, 6.07) is 15.0. The third-order valence-electron chi connectivity index (χ3n) is 6.66. The molecule has 3 aromatic heterocycles. The van der Waals surface area contributed by atoms with Crippen LogP contribution in [0.3, 0.4) is 0 Å². The predicted octanol–water partition coefficient (Wildman–Crippen LogP) is 3.56. The fourth-order valence-electron chi connectivity index (χ4n) is 4.86. The Kier molecular flexibility index (Phi) is 5.02. The second-order valence-corrected chi connectivity index (χ2v) is 8.66. The molecule has 0 radical (unpaired) electrons. The molecule has 1 aliphatic rings. The number of fused-ring (bicyclic) bond motifs is 4. The van der Waals surface area contributed by atoms with Crippen molar-refractivity contribution in [2.75, 3.05) is 12.4 Å². The van der Waals surface area contributed by atoms with E-state index in [-0.39, 0.29) is 17.6 Å². The number of nitrogens with one attached hydrogen (secondary N) is 4. The average Bonchev–Trinajstić information content (AvgIpc) is 3.63. The third kappa shape index (κ3) is 3.61. The lowest BCUT2D eigenvalue weighted by Crippen LogP contribution is -2.52. The van der Waals surface area contributed by atoms with E-state index in [0.29, 0.717) is 19.5 Å². The van der Waals surface area contributed by atoms with Crippen LogP contribution in [0.15, 0.2) is 65.5 Å². The molecule has 1 unspecified atom stereocenters. The van der Waals surface area contributed by atoms with Gasteiger partial charge < -0.3 is 29.9 Å². The van der Waals surface area contributed by atoms with Crippen molar-refractivity contribution in [2.24, 2.45) is 0 Å². The summed E-state index contributed by atoms with van der Waals surface area (Å²) in [7, 11) is 1.59. The topological polar surface area (TPSA) is 119 Å². The minimum Gasteiger partial charge on any atom is -0.459 e. The molecule has 0 saturated carbocycles. The van der Waals surface area contributed by atoms with Gasteiger partial charge in [-0.1, -0.05) is 18.2 Å². The van der Waals surface area contributed by atoms with Gasteiger partial charge in [0.1, 0.15) is 6.04 Å². The molecule has 1 aliphatic heterocycles. The fourth-order valence-corrected chi connectivity index (χ4v) is 4.86. The lowest BCUT2D eigenvalue weighted by molar-refractivity contribution is -0.125. The van der Waals surface area contributed by atoms with E-state index in [1.165, 1.54) is 6.26 Å². The number of imidazole rings is 1. The molecule has 0 aliphatic carbocycles. The van der Waals surface area contributed by atoms with E-state index in [1.807, 2.05) is 42.5 Å². The van der Waals surface area contributed by atoms with Crippen molar-refractivity contribution in [3.8, 4) is 0 Å². The first kappa shape index (κ1) is 21.0. The number of hydrogen-bond donors (Lipinski definition) is 4. The molecule has 0 saturated heterocycles. The monoisotopic (exact) mass is 468 g/mol. The van der Waals surface area contributed by atoms with Crippen molar-refractivity contribution in [1.29, 1.82) is 0 Å². The summed E-state index contributed by atoms with van der Waals surface area (Å²) in [5.41, 5.74) is 6.45. The zero-order valence-corrected chi connectivity index (χ0v) is 19.1. The highest BCUT2D eigenvalue weighted by Crippen LogP contribution is 2.32. The number of furan rings is 1. The summed E-state index contributed by atoms with van der Waals surface area (Å²) in [6.07, 6.45) is 3.60. The molecule has 0 bridgehead atoms. The van der Waals surface area contributed by atoms with Gasteiger partial charge in [0, 0.05) is 47.9 Å². The molecule has 9 nitrogen and oxygen atoms in total. The number of nitrogens with zero attached hydrogens (tertiary/aromatic N) is 2. The Balaban J connectivity index is 1.28. The summed E-state index contributed by atoms with van der Waals surface area (Å²) < 4.78 is 5.65. The largest absolute Gasteiger partial charge is 0.459 e. The Morgan fingerprint density at radius 3 is 2.94 bits per heavy atom. The van der Waals surface area contributed by atoms with Gasteiger partial charge in [0.15, 0.2) is 5.76 Å². The minimum absolute atomic E-state index is 0.201. The van der Waals surface area contributed by atoms with Crippen LogP contribution in [0, 0.1) is 0 Å². The summed E-state index contributed by atoms with van der Waals surface area (Å²) in [6.45, 7) is 0.693. The van der Waals surface area contributed by atoms with E-state index in [9.17, 15) is 9.59 Å². The van der Waals surface area contributed by atoms with Crippen LogP contribution in [0.5, 0.6) is 0 Å². The molecule has 176 valence electrons. The highest BCUT2D eigenvalue weighted by atomic mass is 16.3. The van der Waals surface area contributed by atoms with Crippen LogP contribution in [-0.2, 0) is 24.3 Å². The predicted molar refractivity (Wildman–Crippen MR) is 132 cm³/mol. The second-order valence-electron chi connectivity index (χ2n) is 8.66. The van der Waals surface area contributed by atoms with Crippen LogP contribution in [0.4, 0.5) is 5.69 Å². The molecular formula is C26H24N6O3. The smallest absolute Gasteiger partial charge is 0.290 e. The van der Waals surface area contributed by atoms with Gasteiger partial charge in [-0.2, -0.15) is 0 Å². The van der Waals surface area contributed by atoms with Crippen molar-refractivity contribution in [3.63, 3.8) is 0 Å². The number of amides is 2. The van der Waals surface area contributed by atoms with Crippen LogP contribution in [0.2, 0.25) is 0 Å². The van der Waals surface area contributed by atoms with Crippen molar-refractivity contribution >= 4 is 39.4 Å². The maximum atomic E-state index is 13.7. The third-order valence-corrected chi connectivity index (χ3v) is 6.66. The Morgan fingerprint density at radius 1 is 1.17 bits per heavy atom. The van der Waals surface area contributed by atoms with Gasteiger partial charge in [-0.15, -0.1) is 0 Å². The van der Waals surface area contributed by atoms with Crippen molar-refractivity contribution in [1.82, 2.24) is 25.2 Å². The van der Waals surface area contributed by atoms with E-state index in [0.717, 1.165) is 44.4 Å². The van der Waals surface area contributed by atoms with Gasteiger partial charge >= 0.3 is 0 Å². The van der Waals surface area contributed by atoms with Gasteiger partial charge in [-0.25, -0.2) is 4.98 Å². The first-order chi connectivity index (χ1) is 17.1. The van der Waals surface area contributed by atoms with Gasteiger partial charge in [-0.05, 0) is 35.9 Å². The highest BCUT2D eigenvalue weighted by molar-refractivity contribution is 5.98. The second kappa shape index (κ2) is 8.35. The lowest BCUT2D eigenvalue weighted by Gasteiger charge is -2.34. The molecule has 2 aromatic carbocycles. The molecule has 4 heterocycles. The van der Waals surface area contributed by atoms with Gasteiger partial charge in [0.25, 0.3) is 5.91 Å². The van der Waals surface area contributed by atoms with Crippen LogP contribution in [0.25, 0.3) is 21.9 Å². The molecule has 4 N–H and O–H groups in total. The van der Waals surface area contributed by atoms with Crippen LogP contribution in [0.1, 0.15) is 27.4 Å². The number of likely N-dealkylation sites (N-methyl/N-ethyl adjacent to an activating group) is 1. The number of para-hydroxylation sites is 1. The van der Waals surface area contributed by atoms with Gasteiger partial charge in [-0.3, -0.25) is 9.59 Å².